The molecule has 2 aromatic carbocycles. The Balaban J connectivity index is 1.75. The summed E-state index contributed by atoms with van der Waals surface area (Å²) >= 11 is 6.73. The van der Waals surface area contributed by atoms with Crippen molar-refractivity contribution >= 4 is 23.3 Å². The number of hydrogen-bond donors (Lipinski definition) is 2. The quantitative estimate of drug-likeness (QED) is 0.481. The molecule has 0 atom stereocenters. The number of carboxylic acid groups (broad SMARTS) is 1. The molecule has 7 nitrogen and oxygen atoms in total. The highest BCUT2D eigenvalue weighted by Gasteiger charge is 2.40. The highest BCUT2D eigenvalue weighted by molar-refractivity contribution is 6.35. The van der Waals surface area contributed by atoms with Gasteiger partial charge >= 0.3 is 5.97 Å². The van der Waals surface area contributed by atoms with Crippen LogP contribution in [0.1, 0.15) is 55.2 Å². The first-order valence-corrected chi connectivity index (χ1v) is 12.4. The smallest absolute Gasteiger partial charge is 0.329 e. The Hall–Kier alpha value is -2.79. The lowest BCUT2D eigenvalue weighted by Crippen LogP contribution is -2.50. The second kappa shape index (κ2) is 10.9. The molecule has 0 aromatic heterocycles. The number of nitrogens with zero attached hydrogens (tertiary/aromatic N) is 1. The van der Waals surface area contributed by atoms with Crippen molar-refractivity contribution < 1.29 is 24.1 Å². The number of aryl methyl sites for hydroxylation is 1. The number of methoxy groups -OCH3 is 1. The van der Waals surface area contributed by atoms with Crippen LogP contribution in [-0.4, -0.2) is 43.0 Å². The van der Waals surface area contributed by atoms with Gasteiger partial charge in [0.1, 0.15) is 11.6 Å². The zero-order chi connectivity index (χ0) is 25.0. The molecule has 0 unspecified atom stereocenters. The molecule has 1 aliphatic heterocycles. The molecule has 1 saturated carbocycles. The van der Waals surface area contributed by atoms with Crippen molar-refractivity contribution in [3.05, 3.63) is 46.0 Å². The van der Waals surface area contributed by atoms with Crippen molar-refractivity contribution in [2.24, 2.45) is 0 Å². The molecule has 2 fully saturated rings. The van der Waals surface area contributed by atoms with E-state index in [1.54, 1.807) is 0 Å². The van der Waals surface area contributed by atoms with Crippen LogP contribution < -0.4 is 10.1 Å². The second-order valence-corrected chi connectivity index (χ2v) is 9.67. The monoisotopic (exact) mass is 498 g/mol. The fraction of sp³-hybridized carbons (Fsp3) is 0.481. The van der Waals surface area contributed by atoms with E-state index >= 15 is 0 Å². The molecular weight excluding hydrogens is 468 g/mol. The van der Waals surface area contributed by atoms with Crippen molar-refractivity contribution in [2.75, 3.05) is 25.6 Å². The van der Waals surface area contributed by atoms with Gasteiger partial charge in [-0.1, -0.05) is 30.5 Å². The Bertz CT molecular complexity index is 1130. The van der Waals surface area contributed by atoms with Crippen LogP contribution >= 0.6 is 11.6 Å². The lowest BCUT2D eigenvalue weighted by Gasteiger charge is -2.35. The molecule has 1 saturated heterocycles. The highest BCUT2D eigenvalue weighted by Crippen LogP contribution is 2.42. The zero-order valence-electron chi connectivity index (χ0n) is 20.2. The van der Waals surface area contributed by atoms with E-state index < -0.39 is 11.5 Å². The maximum absolute atomic E-state index is 12.2. The third-order valence-electron chi connectivity index (χ3n) is 7.05. The fourth-order valence-electron chi connectivity index (χ4n) is 4.99. The average molecular weight is 499 g/mol. The summed E-state index contributed by atoms with van der Waals surface area (Å²) < 4.78 is 17.1. The lowest BCUT2D eigenvalue weighted by atomic mass is 9.89. The summed E-state index contributed by atoms with van der Waals surface area (Å²) in [5.74, 6) is -0.537. The van der Waals surface area contributed by atoms with Crippen LogP contribution in [0.25, 0.3) is 11.1 Å². The van der Waals surface area contributed by atoms with Gasteiger partial charge < -0.3 is 24.6 Å². The van der Waals surface area contributed by atoms with Gasteiger partial charge in [0.2, 0.25) is 0 Å². The number of anilines is 1. The molecule has 0 spiro atoms. The van der Waals surface area contributed by atoms with Crippen LogP contribution in [-0.2, 0) is 20.9 Å². The topological polar surface area (TPSA) is 101 Å². The summed E-state index contributed by atoms with van der Waals surface area (Å²) in [5, 5.41) is 23.2. The van der Waals surface area contributed by atoms with Crippen LogP contribution in [0.3, 0.4) is 0 Å². The van der Waals surface area contributed by atoms with E-state index in [0.717, 1.165) is 35.1 Å². The minimum atomic E-state index is -1.07. The van der Waals surface area contributed by atoms with Gasteiger partial charge in [0.15, 0.2) is 5.75 Å². The number of halogens is 1. The summed E-state index contributed by atoms with van der Waals surface area (Å²) in [6, 6.07) is 9.80. The SMILES string of the molecule is COc1c(Cl)c(-c2ccc(NC3(C(=O)O)CCOCC3)cc2COC2CCCC2)cc(C)c1C#N. The Labute approximate surface area is 210 Å². The predicted octanol–water partition coefficient (Wildman–Crippen LogP) is 5.70. The van der Waals surface area contributed by atoms with E-state index in [4.69, 9.17) is 25.8 Å². The van der Waals surface area contributed by atoms with Gasteiger partial charge in [-0.2, -0.15) is 5.26 Å². The first kappa shape index (κ1) is 25.3. The molecule has 35 heavy (non-hydrogen) atoms. The lowest BCUT2D eigenvalue weighted by molar-refractivity contribution is -0.145. The van der Waals surface area contributed by atoms with Crippen molar-refractivity contribution in [2.45, 2.75) is 63.7 Å². The summed E-state index contributed by atoms with van der Waals surface area (Å²) in [4.78, 5) is 12.2. The van der Waals surface area contributed by atoms with E-state index in [2.05, 4.69) is 11.4 Å². The molecule has 1 aliphatic carbocycles. The number of carboxylic acids is 1. The Kier molecular flexibility index (Phi) is 7.85. The van der Waals surface area contributed by atoms with E-state index in [1.807, 2.05) is 31.2 Å². The minimum Gasteiger partial charge on any atom is -0.494 e. The normalized spacial score (nSPS) is 17.7. The van der Waals surface area contributed by atoms with Crippen LogP contribution in [0.15, 0.2) is 24.3 Å². The van der Waals surface area contributed by atoms with E-state index in [0.29, 0.717) is 54.7 Å². The largest absolute Gasteiger partial charge is 0.494 e. The molecule has 8 heteroatoms. The third-order valence-corrected chi connectivity index (χ3v) is 7.42. The first-order valence-electron chi connectivity index (χ1n) is 12.0. The maximum atomic E-state index is 12.2. The molecule has 1 heterocycles. The van der Waals surface area contributed by atoms with Gasteiger partial charge in [0, 0.05) is 37.3 Å². The van der Waals surface area contributed by atoms with E-state index in [1.165, 1.54) is 20.0 Å². The van der Waals surface area contributed by atoms with E-state index in [-0.39, 0.29) is 6.10 Å². The van der Waals surface area contributed by atoms with Crippen LogP contribution in [0.2, 0.25) is 5.02 Å². The summed E-state index contributed by atoms with van der Waals surface area (Å²) in [6.45, 7) is 3.02. The first-order chi connectivity index (χ1) is 16.9. The number of ether oxygens (including phenoxy) is 3. The standard InChI is InChI=1S/C27H31ClN2O5/c1-17-13-22(24(28)25(33-2)23(17)15-29)21-8-7-19(14-18(21)16-35-20-5-3-4-6-20)30-27(26(31)32)9-11-34-12-10-27/h7-8,13-14,20,30H,3-6,9-12,16H2,1-2H3,(H,31,32). The second-order valence-electron chi connectivity index (χ2n) is 9.29. The van der Waals surface area contributed by atoms with Crippen LogP contribution in [0, 0.1) is 18.3 Å². The van der Waals surface area contributed by atoms with Crippen LogP contribution in [0.4, 0.5) is 5.69 Å². The van der Waals surface area contributed by atoms with Gasteiger partial charge in [0.25, 0.3) is 0 Å². The van der Waals surface area contributed by atoms with E-state index in [9.17, 15) is 15.2 Å². The summed E-state index contributed by atoms with van der Waals surface area (Å²) in [7, 11) is 1.50. The van der Waals surface area contributed by atoms with Gasteiger partial charge in [-0.25, -0.2) is 4.79 Å². The number of aliphatic carboxylic acids is 1. The highest BCUT2D eigenvalue weighted by atomic mass is 35.5. The van der Waals surface area contributed by atoms with Crippen molar-refractivity contribution in [1.82, 2.24) is 0 Å². The fourth-order valence-corrected chi connectivity index (χ4v) is 5.32. The Morgan fingerprint density at radius 1 is 1.26 bits per heavy atom. The maximum Gasteiger partial charge on any atom is 0.329 e. The Morgan fingerprint density at radius 3 is 2.60 bits per heavy atom. The molecule has 2 N–H and O–H groups in total. The molecule has 2 aliphatic rings. The molecule has 186 valence electrons. The van der Waals surface area contributed by atoms with Gasteiger partial charge in [-0.3, -0.25) is 0 Å². The summed E-state index contributed by atoms with van der Waals surface area (Å²) in [6.07, 6.45) is 5.40. The number of nitriles is 1. The predicted molar refractivity (Wildman–Crippen MR) is 134 cm³/mol. The average Bonchev–Trinajstić information content (AvgIpc) is 3.38. The minimum absolute atomic E-state index is 0.216. The molecule has 0 amide bonds. The van der Waals surface area contributed by atoms with Crippen molar-refractivity contribution in [3.8, 4) is 22.9 Å². The number of benzene rings is 2. The zero-order valence-corrected chi connectivity index (χ0v) is 20.9. The molecule has 0 bridgehead atoms. The van der Waals surface area contributed by atoms with Crippen molar-refractivity contribution in [1.29, 1.82) is 5.26 Å². The van der Waals surface area contributed by atoms with Crippen LogP contribution in [0.5, 0.6) is 5.75 Å². The number of nitrogens with one attached hydrogen (secondary N) is 1. The van der Waals surface area contributed by atoms with Gasteiger partial charge in [0.05, 0.1) is 30.4 Å². The molecule has 2 aromatic rings. The molecular formula is C27H31ClN2O5. The number of hydrogen-bond acceptors (Lipinski definition) is 6. The number of carbonyl (C=O) groups is 1. The number of rotatable bonds is 8. The third kappa shape index (κ3) is 5.25. The van der Waals surface area contributed by atoms with Crippen molar-refractivity contribution in [3.63, 3.8) is 0 Å². The van der Waals surface area contributed by atoms with Gasteiger partial charge in [-0.05, 0) is 54.7 Å². The Morgan fingerprint density at radius 2 is 1.97 bits per heavy atom. The van der Waals surface area contributed by atoms with Gasteiger partial charge in [-0.15, -0.1) is 0 Å². The molecule has 4 rings (SSSR count). The summed E-state index contributed by atoms with van der Waals surface area (Å²) in [5.41, 5.74) is 3.30. The molecule has 0 radical (unpaired) electrons.